The Hall–Kier alpha value is -1.93. The maximum absolute atomic E-state index is 13.0. The van der Waals surface area contributed by atoms with Crippen LogP contribution >= 0.6 is 0 Å². The number of alkyl halides is 5. The van der Waals surface area contributed by atoms with Crippen LogP contribution in [0.4, 0.5) is 32.0 Å². The fraction of sp³-hybridized carbons (Fsp3) is 0.300. The molecule has 0 radical (unpaired) electrons. The molecular weight excluding hydrogens is 280 g/mol. The first-order valence-electron chi connectivity index (χ1n) is 4.69. The van der Waals surface area contributed by atoms with Gasteiger partial charge >= 0.3 is 18.0 Å². The molecule has 1 amide bonds. The first kappa shape index (κ1) is 15.1. The average molecular weight is 287 g/mol. The van der Waals surface area contributed by atoms with E-state index in [2.05, 4.69) is 4.74 Å². The second-order valence-electron chi connectivity index (χ2n) is 3.38. The number of carbonyl (C=O) groups is 1. The molecule has 0 saturated carbocycles. The summed E-state index contributed by atoms with van der Waals surface area (Å²) in [7, 11) is 1.06. The highest BCUT2D eigenvalue weighted by molar-refractivity contribution is 5.96. The zero-order valence-electron chi connectivity index (χ0n) is 9.32. The highest BCUT2D eigenvalue weighted by atomic mass is 19.4. The number of carbonyl (C=O) groups excluding carboxylic acids is 1. The summed E-state index contributed by atoms with van der Waals surface area (Å²) in [5.41, 5.74) is -0.452. The lowest BCUT2D eigenvalue weighted by atomic mass is 10.2. The third-order valence-corrected chi connectivity index (χ3v) is 2.05. The van der Waals surface area contributed by atoms with E-state index in [1.165, 1.54) is 5.32 Å². The Morgan fingerprint density at radius 3 is 2.26 bits per heavy atom. The maximum Gasteiger partial charge on any atom is 0.463 e. The summed E-state index contributed by atoms with van der Waals surface area (Å²) in [4.78, 5) is 10.8. The van der Waals surface area contributed by atoms with Crippen LogP contribution < -0.4 is 10.1 Å². The van der Waals surface area contributed by atoms with Crippen molar-refractivity contribution in [3.8, 4) is 5.75 Å². The number of hydrogen-bond donors (Lipinski definition) is 1. The number of hydrogen-bond acceptors (Lipinski definition) is 2. The molecule has 1 rings (SSSR count). The van der Waals surface area contributed by atoms with Gasteiger partial charge in [0.15, 0.2) is 11.6 Å². The lowest BCUT2D eigenvalue weighted by Gasteiger charge is -2.18. The number of ether oxygens (including phenoxy) is 1. The molecule has 0 aliphatic heterocycles. The smallest absolute Gasteiger partial charge is 0.463 e. The van der Waals surface area contributed by atoms with Gasteiger partial charge in [-0.3, -0.25) is 4.79 Å². The molecule has 0 heterocycles. The van der Waals surface area contributed by atoms with Gasteiger partial charge in [-0.15, -0.1) is 0 Å². The third kappa shape index (κ3) is 3.09. The quantitative estimate of drug-likeness (QED) is 0.868. The van der Waals surface area contributed by atoms with Crippen LogP contribution in [0.25, 0.3) is 0 Å². The average Bonchev–Trinajstić information content (AvgIpc) is 2.30. The minimum absolute atomic E-state index is 0.409. The van der Waals surface area contributed by atoms with Gasteiger partial charge < -0.3 is 10.1 Å². The maximum atomic E-state index is 13.0. The molecule has 0 unspecified atom stereocenters. The molecular formula is C10H7F6NO2. The normalized spacial score (nSPS) is 12.2. The number of rotatable bonds is 3. The summed E-state index contributed by atoms with van der Waals surface area (Å²) in [5, 5.41) is 1.34. The number of benzene rings is 1. The van der Waals surface area contributed by atoms with Gasteiger partial charge in [0.25, 0.3) is 0 Å². The van der Waals surface area contributed by atoms with E-state index in [1.54, 1.807) is 0 Å². The Morgan fingerprint density at radius 1 is 1.21 bits per heavy atom. The Kier molecular flexibility index (Phi) is 3.97. The van der Waals surface area contributed by atoms with Gasteiger partial charge in [-0.05, 0) is 12.1 Å². The monoisotopic (exact) mass is 287 g/mol. The molecule has 1 N–H and O–H groups in total. The van der Waals surface area contributed by atoms with Crippen molar-refractivity contribution in [3.63, 3.8) is 0 Å². The van der Waals surface area contributed by atoms with Crippen molar-refractivity contribution >= 4 is 11.6 Å². The molecule has 106 valence electrons. The summed E-state index contributed by atoms with van der Waals surface area (Å²) < 4.78 is 78.4. The van der Waals surface area contributed by atoms with Gasteiger partial charge in [0.05, 0.1) is 7.11 Å². The molecule has 9 heteroatoms. The first-order chi connectivity index (χ1) is 8.59. The Balaban J connectivity index is 2.95. The number of methoxy groups -OCH3 is 1. The molecule has 1 aromatic carbocycles. The van der Waals surface area contributed by atoms with Crippen molar-refractivity contribution in [2.45, 2.75) is 12.1 Å². The van der Waals surface area contributed by atoms with E-state index >= 15 is 0 Å². The fourth-order valence-electron chi connectivity index (χ4n) is 1.08. The molecule has 3 nitrogen and oxygen atoms in total. The summed E-state index contributed by atoms with van der Waals surface area (Å²) in [6.07, 6.45) is -6.01. The molecule has 0 bridgehead atoms. The molecule has 19 heavy (non-hydrogen) atoms. The van der Waals surface area contributed by atoms with Crippen molar-refractivity contribution in [1.82, 2.24) is 0 Å². The van der Waals surface area contributed by atoms with Gasteiger partial charge in [0.2, 0.25) is 0 Å². The SMILES string of the molecule is COc1cc(NC(=O)C(F)(F)C(F)(F)F)ccc1F. The van der Waals surface area contributed by atoms with Crippen LogP contribution in [0, 0.1) is 5.82 Å². The van der Waals surface area contributed by atoms with Crippen LogP contribution in [0.1, 0.15) is 0 Å². The molecule has 0 aromatic heterocycles. The van der Waals surface area contributed by atoms with Crippen LogP contribution in [0.5, 0.6) is 5.75 Å². The van der Waals surface area contributed by atoms with E-state index in [1.807, 2.05) is 0 Å². The molecule has 0 aliphatic rings. The molecule has 0 spiro atoms. The van der Waals surface area contributed by atoms with Crippen molar-refractivity contribution in [2.75, 3.05) is 12.4 Å². The van der Waals surface area contributed by atoms with Gasteiger partial charge in [-0.1, -0.05) is 0 Å². The Bertz CT molecular complexity index is 485. The van der Waals surface area contributed by atoms with Crippen molar-refractivity contribution in [1.29, 1.82) is 0 Å². The van der Waals surface area contributed by atoms with Crippen LogP contribution in [0.2, 0.25) is 0 Å². The highest BCUT2D eigenvalue weighted by Crippen LogP contribution is 2.36. The summed E-state index contributed by atoms with van der Waals surface area (Å²) in [5.74, 6) is -9.38. The second kappa shape index (κ2) is 4.98. The zero-order chi connectivity index (χ0) is 14.8. The van der Waals surface area contributed by atoms with E-state index in [0.717, 1.165) is 25.3 Å². The van der Waals surface area contributed by atoms with Gasteiger partial charge in [-0.25, -0.2) is 4.39 Å². The van der Waals surface area contributed by atoms with E-state index in [0.29, 0.717) is 0 Å². The molecule has 0 aliphatic carbocycles. The van der Waals surface area contributed by atoms with Gasteiger partial charge in [0.1, 0.15) is 0 Å². The zero-order valence-corrected chi connectivity index (χ0v) is 9.32. The minimum Gasteiger partial charge on any atom is -0.494 e. The van der Waals surface area contributed by atoms with Crippen molar-refractivity contribution in [2.24, 2.45) is 0 Å². The van der Waals surface area contributed by atoms with Crippen LogP contribution in [-0.2, 0) is 4.79 Å². The summed E-state index contributed by atoms with van der Waals surface area (Å²) >= 11 is 0. The van der Waals surface area contributed by atoms with Gasteiger partial charge in [0, 0.05) is 11.8 Å². The molecule has 1 aromatic rings. The predicted octanol–water partition coefficient (Wildman–Crippen LogP) is 2.97. The minimum atomic E-state index is -6.01. The van der Waals surface area contributed by atoms with E-state index in [9.17, 15) is 31.1 Å². The first-order valence-corrected chi connectivity index (χ1v) is 4.69. The third-order valence-electron chi connectivity index (χ3n) is 2.05. The number of anilines is 1. The lowest BCUT2D eigenvalue weighted by molar-refractivity contribution is -0.267. The van der Waals surface area contributed by atoms with Crippen LogP contribution in [-0.4, -0.2) is 25.1 Å². The topological polar surface area (TPSA) is 38.3 Å². The van der Waals surface area contributed by atoms with E-state index in [4.69, 9.17) is 0 Å². The Morgan fingerprint density at radius 2 is 1.79 bits per heavy atom. The number of amides is 1. The Labute approximate surface area is 103 Å². The van der Waals surface area contributed by atoms with Crippen LogP contribution in [0.3, 0.4) is 0 Å². The predicted molar refractivity (Wildman–Crippen MR) is 52.6 cm³/mol. The standard InChI is InChI=1S/C10H7F6NO2/c1-19-7-4-5(2-3-6(7)11)17-8(18)9(12,13)10(14,15)16/h2-4H,1H3,(H,17,18). The largest absolute Gasteiger partial charge is 0.494 e. The second-order valence-corrected chi connectivity index (χ2v) is 3.38. The lowest BCUT2D eigenvalue weighted by Crippen LogP contribution is -2.47. The van der Waals surface area contributed by atoms with E-state index in [-0.39, 0.29) is 0 Å². The molecule has 0 fully saturated rings. The van der Waals surface area contributed by atoms with Crippen molar-refractivity contribution in [3.05, 3.63) is 24.0 Å². The van der Waals surface area contributed by atoms with Crippen molar-refractivity contribution < 1.29 is 35.9 Å². The summed E-state index contributed by atoms with van der Waals surface area (Å²) in [6.45, 7) is 0. The highest BCUT2D eigenvalue weighted by Gasteiger charge is 2.63. The number of halogens is 6. The fourth-order valence-corrected chi connectivity index (χ4v) is 1.08. The van der Waals surface area contributed by atoms with Crippen LogP contribution in [0.15, 0.2) is 18.2 Å². The summed E-state index contributed by atoms with van der Waals surface area (Å²) in [6, 6.07) is 2.35. The van der Waals surface area contributed by atoms with E-state index < -0.39 is 35.3 Å². The van der Waals surface area contributed by atoms with Gasteiger partial charge in [-0.2, -0.15) is 22.0 Å². The molecule has 0 atom stereocenters. The molecule has 0 saturated heterocycles. The number of nitrogens with one attached hydrogen (secondary N) is 1.